The Labute approximate surface area is 158 Å². The van der Waals surface area contributed by atoms with Gasteiger partial charge in [0.15, 0.2) is 0 Å². The van der Waals surface area contributed by atoms with Crippen molar-refractivity contribution in [3.05, 3.63) is 28.2 Å². The van der Waals surface area contributed by atoms with Crippen molar-refractivity contribution in [1.29, 1.82) is 0 Å². The minimum atomic E-state index is -0.105. The molecule has 25 heavy (non-hydrogen) atoms. The van der Waals surface area contributed by atoms with Gasteiger partial charge in [0.05, 0.1) is 13.2 Å². The molecule has 8 heteroatoms. The molecule has 2 aliphatic heterocycles. The molecule has 0 bridgehead atoms. The lowest BCUT2D eigenvalue weighted by Crippen LogP contribution is -2.51. The maximum Gasteiger partial charge on any atom is 0.321 e. The standard InChI is InChI=1S/C17H24Cl2N4O2/c18-14-11-15(19)13-16(12-14)20-17(24)23-5-3-21(4-6-23)1-2-22-7-9-25-10-8-22/h11-13H,1-10H2,(H,20,24). The number of anilines is 1. The molecule has 6 nitrogen and oxygen atoms in total. The Morgan fingerprint density at radius 2 is 1.48 bits per heavy atom. The summed E-state index contributed by atoms with van der Waals surface area (Å²) in [5.41, 5.74) is 0.622. The van der Waals surface area contributed by atoms with Crippen LogP contribution in [0, 0.1) is 0 Å². The van der Waals surface area contributed by atoms with Crippen molar-refractivity contribution in [3.63, 3.8) is 0 Å². The zero-order chi connectivity index (χ0) is 17.6. The summed E-state index contributed by atoms with van der Waals surface area (Å²) in [7, 11) is 0. The maximum atomic E-state index is 12.4. The SMILES string of the molecule is O=C(Nc1cc(Cl)cc(Cl)c1)N1CCN(CCN2CCOCC2)CC1. The zero-order valence-electron chi connectivity index (χ0n) is 14.2. The van der Waals surface area contributed by atoms with Gasteiger partial charge in [0.25, 0.3) is 0 Å². The molecule has 1 aromatic carbocycles. The fourth-order valence-electron chi connectivity index (χ4n) is 3.11. The van der Waals surface area contributed by atoms with Crippen molar-refractivity contribution in [1.82, 2.24) is 14.7 Å². The number of carbonyl (C=O) groups excluding carboxylic acids is 1. The number of benzene rings is 1. The summed E-state index contributed by atoms with van der Waals surface area (Å²) in [4.78, 5) is 19.1. The number of ether oxygens (including phenoxy) is 1. The summed E-state index contributed by atoms with van der Waals surface area (Å²) in [5.74, 6) is 0. The molecule has 0 saturated carbocycles. The van der Waals surface area contributed by atoms with Gasteiger partial charge in [-0.05, 0) is 18.2 Å². The highest BCUT2D eigenvalue weighted by atomic mass is 35.5. The van der Waals surface area contributed by atoms with Crippen LogP contribution in [0.15, 0.2) is 18.2 Å². The summed E-state index contributed by atoms with van der Waals surface area (Å²) in [6.45, 7) is 9.06. The van der Waals surface area contributed by atoms with E-state index in [0.29, 0.717) is 15.7 Å². The van der Waals surface area contributed by atoms with Crippen LogP contribution in [-0.4, -0.2) is 86.3 Å². The van der Waals surface area contributed by atoms with Crippen LogP contribution in [-0.2, 0) is 4.74 Å². The van der Waals surface area contributed by atoms with E-state index in [1.165, 1.54) is 0 Å². The van der Waals surface area contributed by atoms with E-state index in [9.17, 15) is 4.79 Å². The number of hydrogen-bond donors (Lipinski definition) is 1. The van der Waals surface area contributed by atoms with Crippen molar-refractivity contribution < 1.29 is 9.53 Å². The molecule has 0 unspecified atom stereocenters. The van der Waals surface area contributed by atoms with Crippen LogP contribution in [0.4, 0.5) is 10.5 Å². The molecule has 2 fully saturated rings. The van der Waals surface area contributed by atoms with Gasteiger partial charge in [-0.15, -0.1) is 0 Å². The van der Waals surface area contributed by atoms with Crippen molar-refractivity contribution >= 4 is 34.9 Å². The lowest BCUT2D eigenvalue weighted by Gasteiger charge is -2.36. The molecule has 2 heterocycles. The average molecular weight is 387 g/mol. The largest absolute Gasteiger partial charge is 0.379 e. The molecule has 2 saturated heterocycles. The molecule has 2 aliphatic rings. The molecular weight excluding hydrogens is 363 g/mol. The first-order chi connectivity index (χ1) is 12.1. The first-order valence-electron chi connectivity index (χ1n) is 8.64. The number of piperazine rings is 1. The number of carbonyl (C=O) groups is 1. The van der Waals surface area contributed by atoms with E-state index < -0.39 is 0 Å². The number of hydrogen-bond acceptors (Lipinski definition) is 4. The van der Waals surface area contributed by atoms with Crippen molar-refractivity contribution in [2.75, 3.05) is 70.9 Å². The number of nitrogens with one attached hydrogen (secondary N) is 1. The van der Waals surface area contributed by atoms with E-state index in [0.717, 1.165) is 65.6 Å². The number of rotatable bonds is 4. The molecule has 0 aromatic heterocycles. The quantitative estimate of drug-likeness (QED) is 0.863. The first kappa shape index (κ1) is 18.7. The van der Waals surface area contributed by atoms with E-state index in [2.05, 4.69) is 15.1 Å². The Kier molecular flexibility index (Phi) is 6.78. The number of urea groups is 1. The Morgan fingerprint density at radius 1 is 0.920 bits per heavy atom. The van der Waals surface area contributed by atoms with Gasteiger partial charge in [-0.1, -0.05) is 23.2 Å². The van der Waals surface area contributed by atoms with Gasteiger partial charge in [-0.25, -0.2) is 4.79 Å². The van der Waals surface area contributed by atoms with Crippen LogP contribution in [0.2, 0.25) is 10.0 Å². The lowest BCUT2D eigenvalue weighted by molar-refractivity contribution is 0.0311. The number of halogens is 2. The molecule has 1 aromatic rings. The van der Waals surface area contributed by atoms with E-state index in [1.54, 1.807) is 18.2 Å². The molecule has 0 aliphatic carbocycles. The first-order valence-corrected chi connectivity index (χ1v) is 9.40. The van der Waals surface area contributed by atoms with Crippen LogP contribution < -0.4 is 5.32 Å². The van der Waals surface area contributed by atoms with Crippen LogP contribution in [0.5, 0.6) is 0 Å². The second-order valence-corrected chi connectivity index (χ2v) is 7.24. The van der Waals surface area contributed by atoms with Crippen LogP contribution in [0.3, 0.4) is 0 Å². The summed E-state index contributed by atoms with van der Waals surface area (Å²) in [6, 6.07) is 4.94. The second kappa shape index (κ2) is 9.05. The molecule has 2 amide bonds. The van der Waals surface area contributed by atoms with E-state index in [1.807, 2.05) is 4.90 Å². The molecule has 1 N–H and O–H groups in total. The number of nitrogens with zero attached hydrogens (tertiary/aromatic N) is 3. The van der Waals surface area contributed by atoms with Crippen molar-refractivity contribution in [3.8, 4) is 0 Å². The Morgan fingerprint density at radius 3 is 2.08 bits per heavy atom. The van der Waals surface area contributed by atoms with E-state index in [-0.39, 0.29) is 6.03 Å². The predicted molar refractivity (Wildman–Crippen MR) is 101 cm³/mol. The van der Waals surface area contributed by atoms with Crippen molar-refractivity contribution in [2.24, 2.45) is 0 Å². The minimum Gasteiger partial charge on any atom is -0.379 e. The topological polar surface area (TPSA) is 48.1 Å². The highest BCUT2D eigenvalue weighted by Gasteiger charge is 2.22. The van der Waals surface area contributed by atoms with Gasteiger partial charge < -0.3 is 15.0 Å². The van der Waals surface area contributed by atoms with Gasteiger partial charge in [0.1, 0.15) is 0 Å². The normalized spacial score (nSPS) is 19.8. The summed E-state index contributed by atoms with van der Waals surface area (Å²) >= 11 is 11.9. The fraction of sp³-hybridized carbons (Fsp3) is 0.588. The molecule has 0 radical (unpaired) electrons. The molecule has 3 rings (SSSR count). The fourth-order valence-corrected chi connectivity index (χ4v) is 3.64. The van der Waals surface area contributed by atoms with Crippen molar-refractivity contribution in [2.45, 2.75) is 0 Å². The molecule has 138 valence electrons. The zero-order valence-corrected chi connectivity index (χ0v) is 15.7. The highest BCUT2D eigenvalue weighted by molar-refractivity contribution is 6.35. The monoisotopic (exact) mass is 386 g/mol. The Hall–Kier alpha value is -1.05. The third-order valence-electron chi connectivity index (χ3n) is 4.61. The Bertz CT molecular complexity index is 568. The van der Waals surface area contributed by atoms with Crippen LogP contribution in [0.25, 0.3) is 0 Å². The van der Waals surface area contributed by atoms with Crippen LogP contribution in [0.1, 0.15) is 0 Å². The number of amides is 2. The lowest BCUT2D eigenvalue weighted by atomic mass is 10.3. The molecule has 0 spiro atoms. The summed E-state index contributed by atoms with van der Waals surface area (Å²) in [6.07, 6.45) is 0. The van der Waals surface area contributed by atoms with Gasteiger partial charge in [0.2, 0.25) is 0 Å². The summed E-state index contributed by atoms with van der Waals surface area (Å²) in [5, 5.41) is 3.89. The minimum absolute atomic E-state index is 0.105. The van der Waals surface area contributed by atoms with Gasteiger partial charge >= 0.3 is 6.03 Å². The van der Waals surface area contributed by atoms with Gasteiger partial charge in [0, 0.05) is 68.1 Å². The predicted octanol–water partition coefficient (Wildman–Crippen LogP) is 2.48. The molecular formula is C17H24Cl2N4O2. The third kappa shape index (κ3) is 5.72. The third-order valence-corrected chi connectivity index (χ3v) is 5.05. The Balaban J connectivity index is 1.41. The van der Waals surface area contributed by atoms with Crippen LogP contribution >= 0.6 is 23.2 Å². The van der Waals surface area contributed by atoms with Gasteiger partial charge in [-0.2, -0.15) is 0 Å². The highest BCUT2D eigenvalue weighted by Crippen LogP contribution is 2.22. The maximum absolute atomic E-state index is 12.4. The second-order valence-electron chi connectivity index (χ2n) is 6.37. The number of morpholine rings is 1. The van der Waals surface area contributed by atoms with E-state index >= 15 is 0 Å². The van der Waals surface area contributed by atoms with Gasteiger partial charge in [-0.3, -0.25) is 9.80 Å². The average Bonchev–Trinajstić information content (AvgIpc) is 2.60. The van der Waals surface area contributed by atoms with E-state index in [4.69, 9.17) is 27.9 Å². The molecule has 0 atom stereocenters. The smallest absolute Gasteiger partial charge is 0.321 e. The summed E-state index contributed by atoms with van der Waals surface area (Å²) < 4.78 is 5.37.